The predicted molar refractivity (Wildman–Crippen MR) is 91.1 cm³/mol. The molecule has 0 saturated carbocycles. The number of amides is 1. The third kappa shape index (κ3) is 1.92. The maximum Gasteiger partial charge on any atom is 0.257 e. The number of fused-ring (bicyclic) bond motifs is 2. The largest absolute Gasteiger partial charge is 0.472 e. The van der Waals surface area contributed by atoms with E-state index in [1.165, 1.54) is 16.8 Å². The van der Waals surface area contributed by atoms with Crippen LogP contribution in [0, 0.1) is 0 Å². The zero-order chi connectivity index (χ0) is 16.1. The average molecular weight is 339 g/mol. The molecule has 5 rings (SSSR count). The minimum Gasteiger partial charge on any atom is -0.472 e. The molecule has 1 saturated heterocycles. The molecule has 122 valence electrons. The number of imidazole rings is 1. The molecule has 0 unspecified atom stereocenters. The van der Waals surface area contributed by atoms with E-state index < -0.39 is 0 Å². The predicted octanol–water partition coefficient (Wildman–Crippen LogP) is 3.39. The number of carbonyl (C=O) groups excluding carboxylic acids is 1. The molecule has 0 bridgehead atoms. The summed E-state index contributed by atoms with van der Waals surface area (Å²) in [7, 11) is 0. The number of nitrogens with zero attached hydrogens (tertiary/aromatic N) is 3. The highest BCUT2D eigenvalue weighted by molar-refractivity contribution is 7.13. The standard InChI is InChI=1S/C18H17N3O2S/c22-16(13-3-8-23-11-13)20-6-4-18(12-20)5-7-21-14(10-19-17(18)21)15-2-1-9-24-15/h1-3,8-11H,4-7,12H2/t18-/m1/s1. The Morgan fingerprint density at radius 1 is 1.29 bits per heavy atom. The highest BCUT2D eigenvalue weighted by Crippen LogP contribution is 2.44. The summed E-state index contributed by atoms with van der Waals surface area (Å²) in [6.07, 6.45) is 7.11. The van der Waals surface area contributed by atoms with Crippen molar-refractivity contribution in [1.82, 2.24) is 14.5 Å². The minimum atomic E-state index is 0.00883. The first-order chi connectivity index (χ1) is 11.8. The van der Waals surface area contributed by atoms with Crippen LogP contribution >= 0.6 is 11.3 Å². The monoisotopic (exact) mass is 339 g/mol. The molecule has 1 atom stereocenters. The number of hydrogen-bond donors (Lipinski definition) is 0. The van der Waals surface area contributed by atoms with Crippen LogP contribution in [-0.4, -0.2) is 33.4 Å². The van der Waals surface area contributed by atoms with E-state index in [2.05, 4.69) is 22.1 Å². The second kappa shape index (κ2) is 5.08. The van der Waals surface area contributed by atoms with Crippen LogP contribution in [0.1, 0.15) is 29.0 Å². The second-order valence-corrected chi connectivity index (χ2v) is 7.56. The van der Waals surface area contributed by atoms with Crippen molar-refractivity contribution < 1.29 is 9.21 Å². The molecule has 5 nitrogen and oxygen atoms in total. The fourth-order valence-electron chi connectivity index (χ4n) is 4.08. The van der Waals surface area contributed by atoms with Crippen molar-refractivity contribution >= 4 is 17.2 Å². The molecular weight excluding hydrogens is 322 g/mol. The van der Waals surface area contributed by atoms with Crippen LogP contribution in [0.5, 0.6) is 0 Å². The highest BCUT2D eigenvalue weighted by Gasteiger charge is 2.48. The van der Waals surface area contributed by atoms with Crippen LogP contribution in [0.2, 0.25) is 0 Å². The van der Waals surface area contributed by atoms with Crippen molar-refractivity contribution in [3.05, 3.63) is 53.7 Å². The van der Waals surface area contributed by atoms with Crippen LogP contribution in [0.25, 0.3) is 10.6 Å². The summed E-state index contributed by atoms with van der Waals surface area (Å²) < 4.78 is 7.40. The van der Waals surface area contributed by atoms with Gasteiger partial charge in [0.15, 0.2) is 0 Å². The van der Waals surface area contributed by atoms with Crippen LogP contribution in [0.3, 0.4) is 0 Å². The molecule has 24 heavy (non-hydrogen) atoms. The zero-order valence-corrected chi connectivity index (χ0v) is 14.0. The van der Waals surface area contributed by atoms with Crippen LogP contribution in [0.4, 0.5) is 0 Å². The van der Waals surface area contributed by atoms with Gasteiger partial charge in [-0.15, -0.1) is 11.3 Å². The normalized spacial score (nSPS) is 22.4. The third-order valence-electron chi connectivity index (χ3n) is 5.33. The Kier molecular flexibility index (Phi) is 2.97. The molecule has 0 radical (unpaired) electrons. The van der Waals surface area contributed by atoms with Gasteiger partial charge in [-0.25, -0.2) is 4.98 Å². The Balaban J connectivity index is 1.45. The summed E-state index contributed by atoms with van der Waals surface area (Å²) in [5.74, 6) is 1.21. The third-order valence-corrected chi connectivity index (χ3v) is 6.22. The molecule has 1 amide bonds. The molecule has 6 heteroatoms. The molecule has 3 aromatic heterocycles. The van der Waals surface area contributed by atoms with Gasteiger partial charge in [0.25, 0.3) is 5.91 Å². The topological polar surface area (TPSA) is 51.3 Å². The lowest BCUT2D eigenvalue weighted by Gasteiger charge is -2.22. The fourth-order valence-corrected chi connectivity index (χ4v) is 4.83. The van der Waals surface area contributed by atoms with E-state index in [0.717, 1.165) is 38.3 Å². The first-order valence-electron chi connectivity index (χ1n) is 8.18. The summed E-state index contributed by atoms with van der Waals surface area (Å²) in [6.45, 7) is 2.51. The van der Waals surface area contributed by atoms with Crippen LogP contribution < -0.4 is 0 Å². The lowest BCUT2D eigenvalue weighted by Crippen LogP contribution is -2.33. The van der Waals surface area contributed by atoms with Crippen LogP contribution in [-0.2, 0) is 12.0 Å². The summed E-state index contributed by atoms with van der Waals surface area (Å²) in [5.41, 5.74) is 1.85. The van der Waals surface area contributed by atoms with Crippen LogP contribution in [0.15, 0.2) is 46.7 Å². The van der Waals surface area contributed by atoms with Gasteiger partial charge in [0, 0.05) is 25.0 Å². The molecular formula is C18H17N3O2S. The summed E-state index contributed by atoms with van der Waals surface area (Å²) in [5, 5.41) is 2.10. The highest BCUT2D eigenvalue weighted by atomic mass is 32.1. The van der Waals surface area contributed by atoms with Gasteiger partial charge in [-0.3, -0.25) is 4.79 Å². The Morgan fingerprint density at radius 3 is 3.00 bits per heavy atom. The van der Waals surface area contributed by atoms with Gasteiger partial charge >= 0.3 is 0 Å². The lowest BCUT2D eigenvalue weighted by atomic mass is 9.85. The maximum absolute atomic E-state index is 12.6. The molecule has 2 aliphatic rings. The van der Waals surface area contributed by atoms with Crippen molar-refractivity contribution in [1.29, 1.82) is 0 Å². The first-order valence-corrected chi connectivity index (χ1v) is 9.06. The minimum absolute atomic E-state index is 0.00883. The number of furan rings is 1. The Labute approximate surface area is 143 Å². The SMILES string of the molecule is O=C(c1ccoc1)N1CC[C@@]2(CCn3c(-c4cccs4)cnc32)C1. The molecule has 1 fully saturated rings. The quantitative estimate of drug-likeness (QED) is 0.719. The van der Waals surface area contributed by atoms with E-state index in [9.17, 15) is 4.79 Å². The molecule has 0 aliphatic carbocycles. The van der Waals surface area contributed by atoms with E-state index in [1.54, 1.807) is 23.7 Å². The van der Waals surface area contributed by atoms with Gasteiger partial charge in [-0.1, -0.05) is 6.07 Å². The molecule has 2 aliphatic heterocycles. The number of carbonyl (C=O) groups is 1. The van der Waals surface area contributed by atoms with Gasteiger partial charge in [-0.05, 0) is 30.4 Å². The van der Waals surface area contributed by atoms with Crippen molar-refractivity contribution in [3.63, 3.8) is 0 Å². The van der Waals surface area contributed by atoms with E-state index >= 15 is 0 Å². The van der Waals surface area contributed by atoms with E-state index in [4.69, 9.17) is 9.40 Å². The first kappa shape index (κ1) is 14.0. The Morgan fingerprint density at radius 2 is 2.21 bits per heavy atom. The molecule has 1 spiro atoms. The van der Waals surface area contributed by atoms with Gasteiger partial charge in [0.2, 0.25) is 0 Å². The summed E-state index contributed by atoms with van der Waals surface area (Å²) >= 11 is 1.75. The van der Waals surface area contributed by atoms with Crippen molar-refractivity contribution in [2.45, 2.75) is 24.8 Å². The maximum atomic E-state index is 12.6. The van der Waals surface area contributed by atoms with E-state index in [1.807, 2.05) is 11.1 Å². The molecule has 0 N–H and O–H groups in total. The van der Waals surface area contributed by atoms with E-state index in [-0.39, 0.29) is 11.3 Å². The average Bonchev–Trinajstić information content (AvgIpc) is 3.41. The molecule has 0 aromatic carbocycles. The van der Waals surface area contributed by atoms with Crippen molar-refractivity contribution in [3.8, 4) is 10.6 Å². The number of likely N-dealkylation sites (tertiary alicyclic amines) is 1. The fraction of sp³-hybridized carbons (Fsp3) is 0.333. The van der Waals surface area contributed by atoms with Gasteiger partial charge < -0.3 is 13.9 Å². The molecule has 3 aromatic rings. The second-order valence-electron chi connectivity index (χ2n) is 6.62. The van der Waals surface area contributed by atoms with Gasteiger partial charge in [-0.2, -0.15) is 0 Å². The number of aromatic nitrogens is 2. The Hall–Kier alpha value is -2.34. The lowest BCUT2D eigenvalue weighted by molar-refractivity contribution is 0.0782. The number of hydrogen-bond acceptors (Lipinski definition) is 4. The summed E-state index contributed by atoms with van der Waals surface area (Å²) in [6, 6.07) is 5.95. The van der Waals surface area contributed by atoms with E-state index in [0.29, 0.717) is 5.56 Å². The number of rotatable bonds is 2. The zero-order valence-electron chi connectivity index (χ0n) is 13.1. The van der Waals surface area contributed by atoms with Gasteiger partial charge in [0.05, 0.1) is 28.6 Å². The smallest absolute Gasteiger partial charge is 0.257 e. The van der Waals surface area contributed by atoms with Crippen molar-refractivity contribution in [2.75, 3.05) is 13.1 Å². The van der Waals surface area contributed by atoms with Gasteiger partial charge in [0.1, 0.15) is 12.1 Å². The Bertz CT molecular complexity index is 882. The summed E-state index contributed by atoms with van der Waals surface area (Å²) in [4.78, 5) is 20.6. The van der Waals surface area contributed by atoms with Crippen molar-refractivity contribution in [2.24, 2.45) is 0 Å². The molecule has 5 heterocycles. The number of thiophene rings is 1.